The van der Waals surface area contributed by atoms with E-state index in [0.29, 0.717) is 5.88 Å². The predicted octanol–water partition coefficient (Wildman–Crippen LogP) is 0.691. The number of aliphatic carboxylic acids is 1. The molecular weight excluding hydrogens is 186 g/mol. The van der Waals surface area contributed by atoms with Gasteiger partial charge in [-0.15, -0.1) is 0 Å². The topological polar surface area (TPSA) is 68.7 Å². The summed E-state index contributed by atoms with van der Waals surface area (Å²) in [7, 11) is 1.53. The Hall–Kier alpha value is -1.62. The van der Waals surface area contributed by atoms with Gasteiger partial charge in [-0.3, -0.25) is 0 Å². The Morgan fingerprint density at radius 2 is 2.36 bits per heavy atom. The Kier molecular flexibility index (Phi) is 3.87. The first-order valence-electron chi connectivity index (χ1n) is 4.01. The van der Waals surface area contributed by atoms with Crippen molar-refractivity contribution in [2.75, 3.05) is 13.7 Å². The number of rotatable bonds is 5. The van der Waals surface area contributed by atoms with Crippen LogP contribution in [0.3, 0.4) is 0 Å². The summed E-state index contributed by atoms with van der Waals surface area (Å²) in [6, 6.07) is 3.47. The Morgan fingerprint density at radius 1 is 1.57 bits per heavy atom. The summed E-state index contributed by atoms with van der Waals surface area (Å²) in [5.41, 5.74) is 0.812. The van der Waals surface area contributed by atoms with Crippen LogP contribution in [0.5, 0.6) is 5.88 Å². The lowest BCUT2D eigenvalue weighted by atomic mass is 10.3. The van der Waals surface area contributed by atoms with Gasteiger partial charge in [0, 0.05) is 12.3 Å². The molecule has 1 aromatic heterocycles. The number of carbonyl (C=O) groups is 1. The molecule has 0 amide bonds. The first kappa shape index (κ1) is 10.5. The maximum atomic E-state index is 10.1. The van der Waals surface area contributed by atoms with E-state index in [-0.39, 0.29) is 13.2 Å². The number of aromatic nitrogens is 1. The largest absolute Gasteiger partial charge is 0.481 e. The minimum absolute atomic E-state index is 0.239. The molecule has 5 heteroatoms. The monoisotopic (exact) mass is 197 g/mol. The van der Waals surface area contributed by atoms with Gasteiger partial charge in [0.05, 0.1) is 13.7 Å². The van der Waals surface area contributed by atoms with Crippen molar-refractivity contribution < 1.29 is 19.4 Å². The van der Waals surface area contributed by atoms with Gasteiger partial charge >= 0.3 is 5.97 Å². The van der Waals surface area contributed by atoms with Crippen molar-refractivity contribution in [3.8, 4) is 5.88 Å². The van der Waals surface area contributed by atoms with Crippen LogP contribution in [0, 0.1) is 0 Å². The van der Waals surface area contributed by atoms with E-state index in [1.165, 1.54) is 7.11 Å². The minimum Gasteiger partial charge on any atom is -0.481 e. The van der Waals surface area contributed by atoms with Gasteiger partial charge in [-0.25, -0.2) is 9.78 Å². The van der Waals surface area contributed by atoms with Crippen LogP contribution in [0.4, 0.5) is 0 Å². The summed E-state index contributed by atoms with van der Waals surface area (Å²) in [4.78, 5) is 14.1. The summed E-state index contributed by atoms with van der Waals surface area (Å²) in [6.45, 7) is -0.0602. The minimum atomic E-state index is -0.980. The van der Waals surface area contributed by atoms with Crippen molar-refractivity contribution in [3.05, 3.63) is 23.9 Å². The first-order valence-corrected chi connectivity index (χ1v) is 4.01. The number of carboxylic acid groups (broad SMARTS) is 1. The van der Waals surface area contributed by atoms with Crippen LogP contribution < -0.4 is 4.74 Å². The van der Waals surface area contributed by atoms with Crippen LogP contribution in [-0.2, 0) is 16.1 Å². The molecular formula is C9H11NO4. The molecule has 5 nitrogen and oxygen atoms in total. The average Bonchev–Trinajstić information content (AvgIpc) is 2.18. The van der Waals surface area contributed by atoms with E-state index < -0.39 is 5.97 Å². The average molecular weight is 197 g/mol. The van der Waals surface area contributed by atoms with Gasteiger partial charge in [-0.1, -0.05) is 0 Å². The number of carboxylic acids is 1. The number of nitrogens with zero attached hydrogens (tertiary/aromatic N) is 1. The van der Waals surface area contributed by atoms with Crippen molar-refractivity contribution >= 4 is 5.97 Å². The van der Waals surface area contributed by atoms with Gasteiger partial charge in [0.25, 0.3) is 0 Å². The van der Waals surface area contributed by atoms with Crippen LogP contribution >= 0.6 is 0 Å². The summed E-state index contributed by atoms with van der Waals surface area (Å²) >= 11 is 0. The van der Waals surface area contributed by atoms with E-state index in [1.807, 2.05) is 0 Å². The Bertz CT molecular complexity index is 296. The van der Waals surface area contributed by atoms with Crippen LogP contribution in [0.2, 0.25) is 0 Å². The van der Waals surface area contributed by atoms with Crippen molar-refractivity contribution in [2.45, 2.75) is 6.61 Å². The van der Waals surface area contributed by atoms with Gasteiger partial charge in [-0.05, 0) is 11.6 Å². The van der Waals surface area contributed by atoms with E-state index in [2.05, 4.69) is 4.98 Å². The standard InChI is InChI=1S/C9H11NO4/c1-13-8-3-2-7(4-10-8)5-14-6-9(11)12/h2-4H,5-6H2,1H3,(H,11,12). The lowest BCUT2D eigenvalue weighted by molar-refractivity contribution is -0.142. The highest BCUT2D eigenvalue weighted by atomic mass is 16.5. The summed E-state index contributed by atoms with van der Waals surface area (Å²) < 4.78 is 9.74. The molecule has 14 heavy (non-hydrogen) atoms. The molecule has 0 bridgehead atoms. The summed E-state index contributed by atoms with van der Waals surface area (Å²) in [6.07, 6.45) is 1.58. The summed E-state index contributed by atoms with van der Waals surface area (Å²) in [5.74, 6) is -0.460. The van der Waals surface area contributed by atoms with Crippen molar-refractivity contribution in [2.24, 2.45) is 0 Å². The highest BCUT2D eigenvalue weighted by Crippen LogP contribution is 2.07. The zero-order valence-corrected chi connectivity index (χ0v) is 7.77. The predicted molar refractivity (Wildman–Crippen MR) is 48.1 cm³/mol. The van der Waals surface area contributed by atoms with E-state index >= 15 is 0 Å². The normalized spacial score (nSPS) is 9.79. The molecule has 0 fully saturated rings. The molecule has 0 saturated carbocycles. The highest BCUT2D eigenvalue weighted by Gasteiger charge is 1.98. The Labute approximate surface area is 81.3 Å². The van der Waals surface area contributed by atoms with Crippen LogP contribution in [0.25, 0.3) is 0 Å². The summed E-state index contributed by atoms with van der Waals surface area (Å²) in [5, 5.41) is 8.31. The fraction of sp³-hybridized carbons (Fsp3) is 0.333. The fourth-order valence-corrected chi connectivity index (χ4v) is 0.873. The van der Waals surface area contributed by atoms with Crippen molar-refractivity contribution in [3.63, 3.8) is 0 Å². The van der Waals surface area contributed by atoms with Gasteiger partial charge in [-0.2, -0.15) is 0 Å². The second kappa shape index (κ2) is 5.18. The molecule has 0 atom stereocenters. The molecule has 0 radical (unpaired) electrons. The molecule has 0 aliphatic carbocycles. The number of methoxy groups -OCH3 is 1. The Morgan fingerprint density at radius 3 is 2.86 bits per heavy atom. The van der Waals surface area contributed by atoms with E-state index in [9.17, 15) is 4.79 Å². The molecule has 1 heterocycles. The van der Waals surface area contributed by atoms with Crippen LogP contribution in [-0.4, -0.2) is 29.8 Å². The van der Waals surface area contributed by atoms with Crippen LogP contribution in [0.15, 0.2) is 18.3 Å². The van der Waals surface area contributed by atoms with E-state index in [0.717, 1.165) is 5.56 Å². The number of hydrogen-bond donors (Lipinski definition) is 1. The molecule has 76 valence electrons. The van der Waals surface area contributed by atoms with Crippen LogP contribution in [0.1, 0.15) is 5.56 Å². The maximum absolute atomic E-state index is 10.1. The van der Waals surface area contributed by atoms with Gasteiger partial charge in [0.2, 0.25) is 5.88 Å². The quantitative estimate of drug-likeness (QED) is 0.752. The van der Waals surface area contributed by atoms with Gasteiger partial charge < -0.3 is 14.6 Å². The van der Waals surface area contributed by atoms with Gasteiger partial charge in [0.1, 0.15) is 6.61 Å². The zero-order chi connectivity index (χ0) is 10.4. The second-order valence-electron chi connectivity index (χ2n) is 2.60. The number of ether oxygens (including phenoxy) is 2. The molecule has 0 saturated heterocycles. The third-order valence-corrected chi connectivity index (χ3v) is 1.50. The second-order valence-corrected chi connectivity index (χ2v) is 2.60. The molecule has 1 N–H and O–H groups in total. The van der Waals surface area contributed by atoms with Gasteiger partial charge in [0.15, 0.2) is 0 Å². The van der Waals surface area contributed by atoms with E-state index in [4.69, 9.17) is 14.6 Å². The molecule has 1 rings (SSSR count). The van der Waals surface area contributed by atoms with Crippen molar-refractivity contribution in [1.82, 2.24) is 4.98 Å². The molecule has 1 aromatic rings. The lowest BCUT2D eigenvalue weighted by Gasteiger charge is -2.02. The maximum Gasteiger partial charge on any atom is 0.329 e. The number of hydrogen-bond acceptors (Lipinski definition) is 4. The SMILES string of the molecule is COc1ccc(COCC(=O)O)cn1. The van der Waals surface area contributed by atoms with E-state index in [1.54, 1.807) is 18.3 Å². The molecule has 0 aliphatic rings. The smallest absolute Gasteiger partial charge is 0.329 e. The third kappa shape index (κ3) is 3.40. The third-order valence-electron chi connectivity index (χ3n) is 1.50. The molecule has 0 spiro atoms. The highest BCUT2D eigenvalue weighted by molar-refractivity contribution is 5.67. The zero-order valence-electron chi connectivity index (χ0n) is 7.77. The molecule has 0 unspecified atom stereocenters. The first-order chi connectivity index (χ1) is 6.72. The number of pyridine rings is 1. The molecule has 0 aromatic carbocycles. The Balaban J connectivity index is 2.40. The van der Waals surface area contributed by atoms with Crippen molar-refractivity contribution in [1.29, 1.82) is 0 Å². The fourth-order valence-electron chi connectivity index (χ4n) is 0.873. The molecule has 0 aliphatic heterocycles. The lowest BCUT2D eigenvalue weighted by Crippen LogP contribution is -2.06.